The summed E-state index contributed by atoms with van der Waals surface area (Å²) in [6, 6.07) is 3.94. The number of aliphatic hydroxyl groups excluding tert-OH is 1. The van der Waals surface area contributed by atoms with Gasteiger partial charge >= 0.3 is 0 Å². The van der Waals surface area contributed by atoms with E-state index < -0.39 is 5.54 Å². The number of hydrogen-bond acceptors (Lipinski definition) is 3. The second-order valence-corrected chi connectivity index (χ2v) is 4.91. The molecular weight excluding hydrogens is 188 g/mol. The topological polar surface area (TPSA) is 59.1 Å². The molecule has 15 heavy (non-hydrogen) atoms. The van der Waals surface area contributed by atoms with Crippen LogP contribution < -0.4 is 5.73 Å². The van der Waals surface area contributed by atoms with Crippen LogP contribution in [0.4, 0.5) is 0 Å². The summed E-state index contributed by atoms with van der Waals surface area (Å²) in [4.78, 5) is 4.36. The van der Waals surface area contributed by atoms with Gasteiger partial charge in [-0.3, -0.25) is 4.98 Å². The molecule has 1 unspecified atom stereocenters. The molecule has 3 heteroatoms. The van der Waals surface area contributed by atoms with Crippen LogP contribution in [0.5, 0.6) is 0 Å². The summed E-state index contributed by atoms with van der Waals surface area (Å²) in [6.45, 7) is 0.0334. The van der Waals surface area contributed by atoms with E-state index in [1.165, 1.54) is 0 Å². The molecule has 80 valence electrons. The van der Waals surface area contributed by atoms with Gasteiger partial charge in [0.25, 0.3) is 0 Å². The lowest BCUT2D eigenvalue weighted by Crippen LogP contribution is -2.52. The van der Waals surface area contributed by atoms with Crippen molar-refractivity contribution in [2.75, 3.05) is 6.61 Å². The Labute approximate surface area is 89.3 Å². The smallest absolute Gasteiger partial charge is 0.0719 e. The first-order chi connectivity index (χ1) is 7.22. The quantitative estimate of drug-likeness (QED) is 0.716. The number of fused-ring (bicyclic) bond motifs is 1. The summed E-state index contributed by atoms with van der Waals surface area (Å²) in [5.74, 6) is 0. The predicted octanol–water partition coefficient (Wildman–Crippen LogP) is 0.954. The maximum atomic E-state index is 9.62. The summed E-state index contributed by atoms with van der Waals surface area (Å²) in [5, 5.41) is 9.62. The van der Waals surface area contributed by atoms with Crippen LogP contribution >= 0.6 is 0 Å². The van der Waals surface area contributed by atoms with E-state index in [-0.39, 0.29) is 12.0 Å². The Morgan fingerprint density at radius 3 is 2.87 bits per heavy atom. The lowest BCUT2D eigenvalue weighted by atomic mass is 9.69. The van der Waals surface area contributed by atoms with Crippen molar-refractivity contribution in [3.05, 3.63) is 29.6 Å². The maximum Gasteiger partial charge on any atom is 0.0719 e. The Hall–Kier alpha value is -0.930. The fraction of sp³-hybridized carbons (Fsp3) is 0.583. The van der Waals surface area contributed by atoms with Gasteiger partial charge in [0.15, 0.2) is 0 Å². The third-order valence-electron chi connectivity index (χ3n) is 4.26. The van der Waals surface area contributed by atoms with Crippen LogP contribution in [0.15, 0.2) is 18.3 Å². The molecule has 1 aromatic rings. The molecule has 1 atom stereocenters. The molecule has 1 saturated carbocycles. The Bertz CT molecular complexity index is 400. The SMILES string of the molecule is NC1(CO)c2cccnc2CCC12CC2. The van der Waals surface area contributed by atoms with E-state index in [2.05, 4.69) is 4.98 Å². The molecule has 1 heterocycles. The van der Waals surface area contributed by atoms with Crippen LogP contribution in [-0.2, 0) is 12.0 Å². The van der Waals surface area contributed by atoms with Crippen molar-refractivity contribution < 1.29 is 5.11 Å². The highest BCUT2D eigenvalue weighted by atomic mass is 16.3. The average Bonchev–Trinajstić information content (AvgIpc) is 3.06. The molecule has 2 aliphatic carbocycles. The first-order valence-electron chi connectivity index (χ1n) is 5.56. The molecule has 3 rings (SSSR count). The zero-order valence-electron chi connectivity index (χ0n) is 8.74. The predicted molar refractivity (Wildman–Crippen MR) is 57.2 cm³/mol. The number of nitrogens with two attached hydrogens (primary N) is 1. The van der Waals surface area contributed by atoms with Gasteiger partial charge in [0.05, 0.1) is 12.1 Å². The highest BCUT2D eigenvalue weighted by Crippen LogP contribution is 2.62. The minimum absolute atomic E-state index is 0.0334. The van der Waals surface area contributed by atoms with Gasteiger partial charge in [0.1, 0.15) is 0 Å². The molecule has 0 bridgehead atoms. The van der Waals surface area contributed by atoms with E-state index in [1.54, 1.807) is 0 Å². The normalized spacial score (nSPS) is 31.3. The molecule has 2 aliphatic rings. The number of aromatic nitrogens is 1. The zero-order valence-corrected chi connectivity index (χ0v) is 8.74. The van der Waals surface area contributed by atoms with Crippen molar-refractivity contribution in [1.82, 2.24) is 4.98 Å². The summed E-state index contributed by atoms with van der Waals surface area (Å²) in [5.41, 5.74) is 8.18. The van der Waals surface area contributed by atoms with Gasteiger partial charge in [-0.05, 0) is 42.7 Å². The molecule has 0 amide bonds. The van der Waals surface area contributed by atoms with Gasteiger partial charge in [-0.15, -0.1) is 0 Å². The molecule has 3 N–H and O–H groups in total. The van der Waals surface area contributed by atoms with Crippen LogP contribution in [0.2, 0.25) is 0 Å². The van der Waals surface area contributed by atoms with Crippen LogP contribution in [0.1, 0.15) is 30.5 Å². The summed E-state index contributed by atoms with van der Waals surface area (Å²) >= 11 is 0. The van der Waals surface area contributed by atoms with Crippen molar-refractivity contribution in [3.63, 3.8) is 0 Å². The second-order valence-electron chi connectivity index (χ2n) is 4.91. The minimum Gasteiger partial charge on any atom is -0.394 e. The van der Waals surface area contributed by atoms with Crippen molar-refractivity contribution >= 4 is 0 Å². The van der Waals surface area contributed by atoms with Gasteiger partial charge in [-0.1, -0.05) is 6.07 Å². The van der Waals surface area contributed by atoms with Gasteiger partial charge in [-0.2, -0.15) is 0 Å². The maximum absolute atomic E-state index is 9.62. The van der Waals surface area contributed by atoms with E-state index >= 15 is 0 Å². The van der Waals surface area contributed by atoms with E-state index in [0.29, 0.717) is 0 Å². The van der Waals surface area contributed by atoms with Crippen molar-refractivity contribution in [2.45, 2.75) is 31.2 Å². The number of rotatable bonds is 1. The van der Waals surface area contributed by atoms with E-state index in [9.17, 15) is 5.11 Å². The lowest BCUT2D eigenvalue weighted by Gasteiger charge is -2.41. The van der Waals surface area contributed by atoms with Crippen LogP contribution in [-0.4, -0.2) is 16.7 Å². The third-order valence-corrected chi connectivity index (χ3v) is 4.26. The van der Waals surface area contributed by atoms with Gasteiger partial charge in [0, 0.05) is 11.9 Å². The second kappa shape index (κ2) is 2.80. The molecule has 1 fully saturated rings. The fourth-order valence-electron chi connectivity index (χ4n) is 3.01. The molecule has 3 nitrogen and oxygen atoms in total. The highest BCUT2D eigenvalue weighted by molar-refractivity contribution is 5.37. The monoisotopic (exact) mass is 204 g/mol. The Morgan fingerprint density at radius 1 is 1.40 bits per heavy atom. The Kier molecular flexibility index (Phi) is 1.74. The number of aryl methyl sites for hydroxylation is 1. The van der Waals surface area contributed by atoms with Crippen LogP contribution in [0, 0.1) is 5.41 Å². The number of aliphatic hydroxyl groups is 1. The van der Waals surface area contributed by atoms with Gasteiger partial charge in [0.2, 0.25) is 0 Å². The third kappa shape index (κ3) is 1.05. The molecular formula is C12H16N2O. The van der Waals surface area contributed by atoms with Gasteiger partial charge < -0.3 is 10.8 Å². The van der Waals surface area contributed by atoms with E-state index in [1.807, 2.05) is 18.3 Å². The van der Waals surface area contributed by atoms with E-state index in [4.69, 9.17) is 5.73 Å². The summed E-state index contributed by atoms with van der Waals surface area (Å²) < 4.78 is 0. The number of hydrogen-bond donors (Lipinski definition) is 2. The Balaban J connectivity index is 2.16. The van der Waals surface area contributed by atoms with Crippen molar-refractivity contribution in [3.8, 4) is 0 Å². The minimum atomic E-state index is -0.547. The summed E-state index contributed by atoms with van der Waals surface area (Å²) in [6.07, 6.45) is 6.20. The molecule has 0 aromatic carbocycles. The van der Waals surface area contributed by atoms with Crippen LogP contribution in [0.3, 0.4) is 0 Å². The zero-order chi connectivity index (χ0) is 10.5. The van der Waals surface area contributed by atoms with E-state index in [0.717, 1.165) is 36.9 Å². The number of pyridine rings is 1. The molecule has 0 aliphatic heterocycles. The van der Waals surface area contributed by atoms with Crippen molar-refractivity contribution in [1.29, 1.82) is 0 Å². The summed E-state index contributed by atoms with van der Waals surface area (Å²) in [7, 11) is 0. The molecule has 0 saturated heterocycles. The first-order valence-corrected chi connectivity index (χ1v) is 5.56. The number of nitrogens with zero attached hydrogens (tertiary/aromatic N) is 1. The molecule has 1 aromatic heterocycles. The van der Waals surface area contributed by atoms with Crippen molar-refractivity contribution in [2.24, 2.45) is 11.1 Å². The molecule has 1 spiro atoms. The highest BCUT2D eigenvalue weighted by Gasteiger charge is 2.59. The Morgan fingerprint density at radius 2 is 2.20 bits per heavy atom. The van der Waals surface area contributed by atoms with Gasteiger partial charge in [-0.25, -0.2) is 0 Å². The first kappa shape index (κ1) is 9.31. The van der Waals surface area contributed by atoms with Crippen LogP contribution in [0.25, 0.3) is 0 Å². The average molecular weight is 204 g/mol. The lowest BCUT2D eigenvalue weighted by molar-refractivity contribution is 0.108. The largest absolute Gasteiger partial charge is 0.394 e. The standard InChI is InChI=1S/C12H16N2O/c13-12(8-15)9-2-1-7-14-10(9)3-4-11(12)5-6-11/h1-2,7,15H,3-6,8,13H2. The fourth-order valence-corrected chi connectivity index (χ4v) is 3.01. The molecule has 0 radical (unpaired) electrons.